The number of hydrogen-bond acceptors (Lipinski definition) is 7. The normalized spacial score (nSPS) is 16.6. The van der Waals surface area contributed by atoms with E-state index >= 15 is 0 Å². The second-order valence-electron chi connectivity index (χ2n) is 5.49. The summed E-state index contributed by atoms with van der Waals surface area (Å²) in [6, 6.07) is 7.49. The van der Waals surface area contributed by atoms with Crippen molar-refractivity contribution in [2.45, 2.75) is 13.0 Å². The van der Waals surface area contributed by atoms with E-state index in [1.807, 2.05) is 50.2 Å². The smallest absolute Gasteiger partial charge is 0.338 e. The van der Waals surface area contributed by atoms with E-state index in [9.17, 15) is 4.79 Å². The number of aromatic nitrogens is 4. The number of carbonyl (C=O) groups excluding carboxylic acids is 1. The first-order valence-electron chi connectivity index (χ1n) is 7.14. The molecule has 8 heteroatoms. The highest BCUT2D eigenvalue weighted by Crippen LogP contribution is 2.35. The number of ether oxygens (including phenoxy) is 1. The SMILES string of the molecule is COC(=O)C1=C(C)Nc2nnnn2[C@H]1c1ccc(N(C)C)cc1. The van der Waals surface area contributed by atoms with Crippen LogP contribution in [0.2, 0.25) is 0 Å². The average Bonchev–Trinajstić information content (AvgIpc) is 3.00. The van der Waals surface area contributed by atoms with Gasteiger partial charge in [-0.15, -0.1) is 0 Å². The van der Waals surface area contributed by atoms with Gasteiger partial charge in [0, 0.05) is 25.5 Å². The molecule has 8 nitrogen and oxygen atoms in total. The van der Waals surface area contributed by atoms with E-state index in [-0.39, 0.29) is 0 Å². The lowest BCUT2D eigenvalue weighted by molar-refractivity contribution is -0.136. The first kappa shape index (κ1) is 15.0. The van der Waals surface area contributed by atoms with Crippen molar-refractivity contribution in [2.24, 2.45) is 0 Å². The van der Waals surface area contributed by atoms with E-state index in [1.165, 1.54) is 7.11 Å². The molecular weight excluding hydrogens is 296 g/mol. The van der Waals surface area contributed by atoms with Crippen molar-refractivity contribution in [3.05, 3.63) is 41.1 Å². The number of rotatable bonds is 3. The molecule has 0 amide bonds. The van der Waals surface area contributed by atoms with Crippen LogP contribution in [0.1, 0.15) is 18.5 Å². The van der Waals surface area contributed by atoms with Gasteiger partial charge in [0.25, 0.3) is 0 Å². The Morgan fingerprint density at radius 1 is 1.30 bits per heavy atom. The van der Waals surface area contributed by atoms with Gasteiger partial charge in [-0.25, -0.2) is 4.79 Å². The van der Waals surface area contributed by atoms with Gasteiger partial charge in [-0.1, -0.05) is 17.2 Å². The fraction of sp³-hybridized carbons (Fsp3) is 0.333. The topological polar surface area (TPSA) is 85.2 Å². The molecule has 2 aromatic rings. The van der Waals surface area contributed by atoms with Crippen LogP contribution in [0.25, 0.3) is 0 Å². The molecule has 120 valence electrons. The Hall–Kier alpha value is -2.90. The molecule has 0 unspecified atom stereocenters. The van der Waals surface area contributed by atoms with Gasteiger partial charge in [0.15, 0.2) is 0 Å². The van der Waals surface area contributed by atoms with E-state index in [0.717, 1.165) is 11.3 Å². The van der Waals surface area contributed by atoms with Gasteiger partial charge in [0.2, 0.25) is 5.95 Å². The van der Waals surface area contributed by atoms with Crippen molar-refractivity contribution in [3.63, 3.8) is 0 Å². The summed E-state index contributed by atoms with van der Waals surface area (Å²) in [6.45, 7) is 1.81. The highest BCUT2D eigenvalue weighted by molar-refractivity contribution is 5.92. The molecule has 1 N–H and O–H groups in total. The Morgan fingerprint density at radius 2 is 2.00 bits per heavy atom. The number of fused-ring (bicyclic) bond motifs is 1. The summed E-state index contributed by atoms with van der Waals surface area (Å²) in [4.78, 5) is 14.3. The lowest BCUT2D eigenvalue weighted by Crippen LogP contribution is -2.29. The lowest BCUT2D eigenvalue weighted by atomic mass is 9.95. The maximum absolute atomic E-state index is 12.3. The van der Waals surface area contributed by atoms with Gasteiger partial charge in [-0.3, -0.25) is 0 Å². The van der Waals surface area contributed by atoms with E-state index in [2.05, 4.69) is 20.8 Å². The number of benzene rings is 1. The van der Waals surface area contributed by atoms with Gasteiger partial charge < -0.3 is 15.0 Å². The summed E-state index contributed by atoms with van der Waals surface area (Å²) >= 11 is 0. The number of esters is 1. The highest BCUT2D eigenvalue weighted by atomic mass is 16.5. The molecule has 1 aromatic carbocycles. The third kappa shape index (κ3) is 2.52. The van der Waals surface area contributed by atoms with E-state index < -0.39 is 12.0 Å². The molecule has 0 fully saturated rings. The molecule has 0 radical (unpaired) electrons. The molecule has 1 aromatic heterocycles. The molecule has 0 aliphatic carbocycles. The van der Waals surface area contributed by atoms with Gasteiger partial charge in [0.05, 0.1) is 12.7 Å². The molecule has 0 saturated carbocycles. The van der Waals surface area contributed by atoms with E-state index in [1.54, 1.807) is 4.68 Å². The quantitative estimate of drug-likeness (QED) is 0.852. The van der Waals surface area contributed by atoms with E-state index in [4.69, 9.17) is 4.74 Å². The molecule has 1 atom stereocenters. The second-order valence-corrected chi connectivity index (χ2v) is 5.49. The van der Waals surface area contributed by atoms with Crippen LogP contribution in [-0.4, -0.2) is 47.4 Å². The zero-order valence-electron chi connectivity index (χ0n) is 13.4. The van der Waals surface area contributed by atoms with Crippen molar-refractivity contribution in [1.29, 1.82) is 0 Å². The summed E-state index contributed by atoms with van der Waals surface area (Å²) in [5, 5.41) is 14.7. The van der Waals surface area contributed by atoms with Gasteiger partial charge in [0.1, 0.15) is 6.04 Å². The summed E-state index contributed by atoms with van der Waals surface area (Å²) in [7, 11) is 5.32. The largest absolute Gasteiger partial charge is 0.466 e. The minimum Gasteiger partial charge on any atom is -0.466 e. The summed E-state index contributed by atoms with van der Waals surface area (Å²) < 4.78 is 6.53. The first-order valence-corrected chi connectivity index (χ1v) is 7.14. The Balaban J connectivity index is 2.11. The predicted molar refractivity (Wildman–Crippen MR) is 85.1 cm³/mol. The predicted octanol–water partition coefficient (Wildman–Crippen LogP) is 1.20. The average molecular weight is 314 g/mol. The standard InChI is InChI=1S/C15H18N6O2/c1-9-12(14(22)23-4)13(21-15(16-9)17-18-19-21)10-5-7-11(8-6-10)20(2)3/h5-8,13H,1-4H3,(H,16,17,19)/t13-/m0/s1. The van der Waals surface area contributed by atoms with Crippen LogP contribution in [0.4, 0.5) is 11.6 Å². The number of methoxy groups -OCH3 is 1. The van der Waals surface area contributed by atoms with Crippen LogP contribution in [0.3, 0.4) is 0 Å². The summed E-state index contributed by atoms with van der Waals surface area (Å²) in [5.41, 5.74) is 3.15. The molecule has 1 aliphatic heterocycles. The van der Waals surface area contributed by atoms with Crippen LogP contribution in [0.15, 0.2) is 35.5 Å². The van der Waals surface area contributed by atoms with Crippen molar-refractivity contribution in [2.75, 3.05) is 31.4 Å². The fourth-order valence-corrected chi connectivity index (χ4v) is 2.65. The van der Waals surface area contributed by atoms with Crippen molar-refractivity contribution in [3.8, 4) is 0 Å². The van der Waals surface area contributed by atoms with Crippen molar-refractivity contribution >= 4 is 17.6 Å². The number of anilines is 2. The highest BCUT2D eigenvalue weighted by Gasteiger charge is 2.34. The number of carbonyl (C=O) groups is 1. The minimum absolute atomic E-state index is 0.405. The molecule has 1 aliphatic rings. The maximum atomic E-state index is 12.3. The molecular formula is C15H18N6O2. The van der Waals surface area contributed by atoms with Crippen molar-refractivity contribution in [1.82, 2.24) is 20.2 Å². The van der Waals surface area contributed by atoms with Gasteiger partial charge >= 0.3 is 5.97 Å². The first-order chi connectivity index (χ1) is 11.0. The van der Waals surface area contributed by atoms with E-state index in [0.29, 0.717) is 17.2 Å². The van der Waals surface area contributed by atoms with Crippen molar-refractivity contribution < 1.29 is 9.53 Å². The summed E-state index contributed by atoms with van der Waals surface area (Å²) in [5.74, 6) is 0.0923. The fourth-order valence-electron chi connectivity index (χ4n) is 2.65. The number of allylic oxidation sites excluding steroid dienone is 1. The van der Waals surface area contributed by atoms with Crippen LogP contribution >= 0.6 is 0 Å². The number of nitrogens with zero attached hydrogens (tertiary/aromatic N) is 5. The Labute approximate surface area is 133 Å². The van der Waals surface area contributed by atoms with Gasteiger partial charge in [-0.2, -0.15) is 4.68 Å². The van der Waals surface area contributed by atoms with Gasteiger partial charge in [-0.05, 0) is 35.0 Å². The molecule has 3 rings (SSSR count). The zero-order chi connectivity index (χ0) is 16.6. The third-order valence-electron chi connectivity index (χ3n) is 3.84. The second kappa shape index (κ2) is 5.71. The monoisotopic (exact) mass is 314 g/mol. The molecule has 0 saturated heterocycles. The minimum atomic E-state index is -0.426. The molecule has 0 spiro atoms. The van der Waals surface area contributed by atoms with Crippen LogP contribution < -0.4 is 10.2 Å². The molecule has 2 heterocycles. The van der Waals surface area contributed by atoms with Crippen LogP contribution in [-0.2, 0) is 9.53 Å². The Bertz CT molecular complexity index is 763. The number of nitrogens with one attached hydrogen (secondary N) is 1. The summed E-state index contributed by atoms with van der Waals surface area (Å²) in [6.07, 6.45) is 0. The Kier molecular flexibility index (Phi) is 3.73. The molecule has 0 bridgehead atoms. The number of hydrogen-bond donors (Lipinski definition) is 1. The number of tetrazole rings is 1. The van der Waals surface area contributed by atoms with Crippen LogP contribution in [0.5, 0.6) is 0 Å². The van der Waals surface area contributed by atoms with Crippen LogP contribution in [0, 0.1) is 0 Å². The Morgan fingerprint density at radius 3 is 2.61 bits per heavy atom. The molecule has 23 heavy (non-hydrogen) atoms. The third-order valence-corrected chi connectivity index (χ3v) is 3.84. The zero-order valence-corrected chi connectivity index (χ0v) is 13.4. The maximum Gasteiger partial charge on any atom is 0.338 e. The lowest BCUT2D eigenvalue weighted by Gasteiger charge is -2.27.